The zero-order valence-electron chi connectivity index (χ0n) is 16.2. The second-order valence-corrected chi connectivity index (χ2v) is 7.64. The van der Waals surface area contributed by atoms with Crippen LogP contribution in [-0.4, -0.2) is 44.0 Å². The second kappa shape index (κ2) is 8.65. The molecule has 1 N–H and O–H groups in total. The first-order chi connectivity index (χ1) is 13.5. The van der Waals surface area contributed by atoms with Gasteiger partial charge in [-0.25, -0.2) is 0 Å². The Balaban J connectivity index is 1.63. The van der Waals surface area contributed by atoms with E-state index in [-0.39, 0.29) is 11.8 Å². The number of methoxy groups -OCH3 is 1. The highest BCUT2D eigenvalue weighted by Gasteiger charge is 2.50. The molecule has 0 atom stereocenters. The van der Waals surface area contributed by atoms with Crippen molar-refractivity contribution in [1.82, 2.24) is 10.2 Å². The highest BCUT2D eigenvalue weighted by Crippen LogP contribution is 2.36. The van der Waals surface area contributed by atoms with Gasteiger partial charge in [0, 0.05) is 31.6 Å². The third kappa shape index (κ3) is 4.30. The van der Waals surface area contributed by atoms with Crippen LogP contribution in [0.15, 0.2) is 48.5 Å². The van der Waals surface area contributed by atoms with E-state index in [4.69, 9.17) is 16.3 Å². The molecule has 1 heterocycles. The molecule has 1 aliphatic rings. The summed E-state index contributed by atoms with van der Waals surface area (Å²) in [6.07, 6.45) is 1.54. The minimum absolute atomic E-state index is 0.0366. The first-order valence-electron chi connectivity index (χ1n) is 9.34. The van der Waals surface area contributed by atoms with Crippen molar-refractivity contribution in [2.24, 2.45) is 5.41 Å². The number of hydrogen-bond donors (Lipinski definition) is 1. The first kappa shape index (κ1) is 20.2. The third-order valence-electron chi connectivity index (χ3n) is 5.29. The summed E-state index contributed by atoms with van der Waals surface area (Å²) in [6.45, 7) is 0.844. The topological polar surface area (TPSA) is 58.6 Å². The number of nitrogens with zero attached hydrogens (tertiary/aromatic N) is 1. The lowest BCUT2D eigenvalue weighted by Crippen LogP contribution is -2.65. The number of hydrogen-bond acceptors (Lipinski definition) is 3. The Hall–Kier alpha value is -2.53. The maximum atomic E-state index is 12.6. The van der Waals surface area contributed by atoms with Crippen molar-refractivity contribution < 1.29 is 14.3 Å². The van der Waals surface area contributed by atoms with Crippen LogP contribution in [-0.2, 0) is 22.4 Å². The molecule has 5 nitrogen and oxygen atoms in total. The zero-order chi connectivity index (χ0) is 20.1. The van der Waals surface area contributed by atoms with E-state index in [0.29, 0.717) is 37.4 Å². The molecule has 1 aliphatic heterocycles. The van der Waals surface area contributed by atoms with E-state index in [9.17, 15) is 9.59 Å². The molecule has 3 rings (SSSR count). The van der Waals surface area contributed by atoms with Gasteiger partial charge in [0.1, 0.15) is 5.75 Å². The quantitative estimate of drug-likeness (QED) is 0.776. The molecule has 0 unspecified atom stereocenters. The Morgan fingerprint density at radius 1 is 1.18 bits per heavy atom. The molecule has 0 aliphatic carbocycles. The number of rotatable bonds is 7. The predicted molar refractivity (Wildman–Crippen MR) is 110 cm³/mol. The van der Waals surface area contributed by atoms with Crippen molar-refractivity contribution in [3.8, 4) is 5.75 Å². The summed E-state index contributed by atoms with van der Waals surface area (Å²) in [5.41, 5.74) is 1.39. The number of aryl methyl sites for hydroxylation is 1. The van der Waals surface area contributed by atoms with Gasteiger partial charge in [-0.3, -0.25) is 9.59 Å². The van der Waals surface area contributed by atoms with Crippen molar-refractivity contribution in [2.75, 3.05) is 27.2 Å². The molecule has 2 aromatic carbocycles. The molecule has 0 saturated carbocycles. The summed E-state index contributed by atoms with van der Waals surface area (Å²) in [5, 5.41) is 3.43. The highest BCUT2D eigenvalue weighted by atomic mass is 35.5. The van der Waals surface area contributed by atoms with Gasteiger partial charge >= 0.3 is 0 Å². The minimum atomic E-state index is -0.596. The average Bonchev–Trinajstić information content (AvgIpc) is 2.69. The van der Waals surface area contributed by atoms with Crippen molar-refractivity contribution in [3.63, 3.8) is 0 Å². The third-order valence-corrected chi connectivity index (χ3v) is 5.66. The molecule has 1 fully saturated rings. The largest absolute Gasteiger partial charge is 0.497 e. The molecular formula is C22H25ClN2O3. The Bertz CT molecular complexity index is 862. The van der Waals surface area contributed by atoms with E-state index in [1.165, 1.54) is 0 Å². The van der Waals surface area contributed by atoms with Crippen LogP contribution in [0.4, 0.5) is 0 Å². The van der Waals surface area contributed by atoms with Gasteiger partial charge in [0.15, 0.2) is 0 Å². The van der Waals surface area contributed by atoms with Gasteiger partial charge in [-0.1, -0.05) is 41.9 Å². The molecule has 0 spiro atoms. The number of amides is 2. The molecule has 0 bridgehead atoms. The number of likely N-dealkylation sites (tertiary alicyclic amines) is 1. The maximum absolute atomic E-state index is 12.6. The summed E-state index contributed by atoms with van der Waals surface area (Å²) in [4.78, 5) is 26.9. The molecule has 0 radical (unpaired) electrons. The van der Waals surface area contributed by atoms with Gasteiger partial charge in [0.05, 0.1) is 12.5 Å². The lowest BCUT2D eigenvalue weighted by molar-refractivity contribution is -0.153. The molecule has 1 saturated heterocycles. The van der Waals surface area contributed by atoms with Gasteiger partial charge in [0.2, 0.25) is 11.8 Å². The summed E-state index contributed by atoms with van der Waals surface area (Å²) in [6, 6.07) is 15.3. The fourth-order valence-electron chi connectivity index (χ4n) is 3.74. The zero-order valence-corrected chi connectivity index (χ0v) is 17.0. The predicted octanol–water partition coefficient (Wildman–Crippen LogP) is 3.10. The van der Waals surface area contributed by atoms with Gasteiger partial charge in [-0.2, -0.15) is 0 Å². The first-order valence-corrected chi connectivity index (χ1v) is 9.71. The van der Waals surface area contributed by atoms with Crippen LogP contribution in [0.1, 0.15) is 17.5 Å². The Kier molecular flexibility index (Phi) is 6.25. The Labute approximate surface area is 170 Å². The van der Waals surface area contributed by atoms with Gasteiger partial charge in [0.25, 0.3) is 0 Å². The van der Waals surface area contributed by atoms with Crippen molar-refractivity contribution in [1.29, 1.82) is 0 Å². The number of nitrogens with one attached hydrogen (secondary N) is 1. The standard InChI is InChI=1S/C22H25ClN2O3/c1-24-21(27)22(13-16-6-5-8-18(12-16)28-2)14-25(15-22)20(26)11-10-17-7-3-4-9-19(17)23/h3-9,12H,10-11,13-15H2,1-2H3,(H,24,27). The van der Waals surface area contributed by atoms with Crippen LogP contribution >= 0.6 is 11.6 Å². The number of carbonyl (C=O) groups excluding carboxylic acids is 2. The minimum Gasteiger partial charge on any atom is -0.497 e. The van der Waals surface area contributed by atoms with Crippen LogP contribution < -0.4 is 10.1 Å². The van der Waals surface area contributed by atoms with E-state index >= 15 is 0 Å². The summed E-state index contributed by atoms with van der Waals surface area (Å²) in [7, 11) is 3.26. The number of halogens is 1. The Morgan fingerprint density at radius 3 is 2.61 bits per heavy atom. The highest BCUT2D eigenvalue weighted by molar-refractivity contribution is 6.31. The fourth-order valence-corrected chi connectivity index (χ4v) is 3.97. The van der Waals surface area contributed by atoms with Crippen LogP contribution in [0.5, 0.6) is 5.75 Å². The van der Waals surface area contributed by atoms with E-state index < -0.39 is 5.41 Å². The van der Waals surface area contributed by atoms with Crippen molar-refractivity contribution >= 4 is 23.4 Å². The lowest BCUT2D eigenvalue weighted by atomic mass is 9.73. The average molecular weight is 401 g/mol. The number of carbonyl (C=O) groups is 2. The van der Waals surface area contributed by atoms with Gasteiger partial charge < -0.3 is 15.0 Å². The van der Waals surface area contributed by atoms with E-state index in [2.05, 4.69) is 5.32 Å². The second-order valence-electron chi connectivity index (χ2n) is 7.23. The van der Waals surface area contributed by atoms with Crippen LogP contribution in [0.2, 0.25) is 5.02 Å². The molecule has 0 aromatic heterocycles. The van der Waals surface area contributed by atoms with Crippen molar-refractivity contribution in [3.05, 3.63) is 64.7 Å². The smallest absolute Gasteiger partial charge is 0.229 e. The molecule has 28 heavy (non-hydrogen) atoms. The normalized spacial score (nSPS) is 14.9. The number of benzene rings is 2. The monoisotopic (exact) mass is 400 g/mol. The summed E-state index contributed by atoms with van der Waals surface area (Å²) < 4.78 is 5.27. The maximum Gasteiger partial charge on any atom is 0.229 e. The molecule has 6 heteroatoms. The van der Waals surface area contributed by atoms with E-state index in [0.717, 1.165) is 16.9 Å². The molecular weight excluding hydrogens is 376 g/mol. The van der Waals surface area contributed by atoms with Crippen LogP contribution in [0.25, 0.3) is 0 Å². The SMILES string of the molecule is CNC(=O)C1(Cc2cccc(OC)c2)CN(C(=O)CCc2ccccc2Cl)C1. The molecule has 2 amide bonds. The Morgan fingerprint density at radius 2 is 1.93 bits per heavy atom. The van der Waals surface area contributed by atoms with Gasteiger partial charge in [-0.05, 0) is 42.2 Å². The number of ether oxygens (including phenoxy) is 1. The summed E-state index contributed by atoms with van der Waals surface area (Å²) >= 11 is 6.17. The van der Waals surface area contributed by atoms with Crippen molar-refractivity contribution in [2.45, 2.75) is 19.3 Å². The molecule has 2 aromatic rings. The van der Waals surface area contributed by atoms with E-state index in [1.807, 2.05) is 48.5 Å². The fraction of sp³-hybridized carbons (Fsp3) is 0.364. The van der Waals surface area contributed by atoms with Crippen LogP contribution in [0.3, 0.4) is 0 Å². The van der Waals surface area contributed by atoms with E-state index in [1.54, 1.807) is 19.1 Å². The lowest BCUT2D eigenvalue weighted by Gasteiger charge is -2.49. The summed E-state index contributed by atoms with van der Waals surface area (Å²) in [5.74, 6) is 0.770. The van der Waals surface area contributed by atoms with Gasteiger partial charge in [-0.15, -0.1) is 0 Å². The molecule has 148 valence electrons. The van der Waals surface area contributed by atoms with Crippen LogP contribution in [0, 0.1) is 5.41 Å².